The number of amides is 1. The van der Waals surface area contributed by atoms with Crippen LogP contribution in [0.3, 0.4) is 0 Å². The molecular formula is C17H12N3O5S-. The van der Waals surface area contributed by atoms with E-state index in [-0.39, 0.29) is 16.4 Å². The van der Waals surface area contributed by atoms with Crippen LogP contribution in [-0.2, 0) is 4.79 Å². The van der Waals surface area contributed by atoms with Gasteiger partial charge in [-0.3, -0.25) is 20.2 Å². The van der Waals surface area contributed by atoms with Crippen LogP contribution in [0.5, 0.6) is 0 Å². The lowest BCUT2D eigenvalue weighted by atomic mass is 10.2. The van der Waals surface area contributed by atoms with E-state index >= 15 is 0 Å². The van der Waals surface area contributed by atoms with Crippen molar-refractivity contribution in [3.8, 4) is 0 Å². The first-order valence-electron chi connectivity index (χ1n) is 7.21. The van der Waals surface area contributed by atoms with Crippen molar-refractivity contribution in [2.75, 3.05) is 5.32 Å². The molecule has 0 aliphatic heterocycles. The molecule has 9 heteroatoms. The molecule has 132 valence electrons. The lowest BCUT2D eigenvalue weighted by Gasteiger charge is -2.10. The summed E-state index contributed by atoms with van der Waals surface area (Å²) in [5.41, 5.74) is 0.738. The number of carbonyl (C=O) groups excluding carboxylic acids is 2. The van der Waals surface area contributed by atoms with Gasteiger partial charge in [-0.1, -0.05) is 24.3 Å². The van der Waals surface area contributed by atoms with Gasteiger partial charge in [-0.2, -0.15) is 0 Å². The van der Waals surface area contributed by atoms with Gasteiger partial charge < -0.3 is 15.2 Å². The van der Waals surface area contributed by atoms with Gasteiger partial charge in [0.05, 0.1) is 10.9 Å². The molecule has 2 rings (SSSR count). The monoisotopic (exact) mass is 370 g/mol. The maximum atomic E-state index is 11.8. The van der Waals surface area contributed by atoms with Crippen LogP contribution in [-0.4, -0.2) is 21.9 Å². The van der Waals surface area contributed by atoms with Gasteiger partial charge in [0.2, 0.25) is 5.91 Å². The molecule has 0 saturated heterocycles. The Morgan fingerprint density at radius 2 is 1.85 bits per heavy atom. The predicted molar refractivity (Wildman–Crippen MR) is 97.3 cm³/mol. The summed E-state index contributed by atoms with van der Waals surface area (Å²) in [5.74, 6) is -1.88. The van der Waals surface area contributed by atoms with Crippen molar-refractivity contribution < 1.29 is 19.6 Å². The lowest BCUT2D eigenvalue weighted by Crippen LogP contribution is -2.33. The van der Waals surface area contributed by atoms with Crippen molar-refractivity contribution in [3.05, 3.63) is 75.8 Å². The van der Waals surface area contributed by atoms with E-state index in [4.69, 9.17) is 12.2 Å². The van der Waals surface area contributed by atoms with Crippen LogP contribution in [0.1, 0.15) is 15.9 Å². The molecule has 2 aromatic rings. The number of rotatable bonds is 5. The number of hydrogen-bond acceptors (Lipinski definition) is 6. The minimum atomic E-state index is -1.33. The zero-order chi connectivity index (χ0) is 19.1. The third kappa shape index (κ3) is 5.49. The summed E-state index contributed by atoms with van der Waals surface area (Å²) >= 11 is 4.98. The summed E-state index contributed by atoms with van der Waals surface area (Å²) < 4.78 is 0. The molecule has 2 aromatic carbocycles. The van der Waals surface area contributed by atoms with Gasteiger partial charge >= 0.3 is 0 Å². The van der Waals surface area contributed by atoms with Gasteiger partial charge in [0, 0.05) is 23.9 Å². The van der Waals surface area contributed by atoms with E-state index in [1.165, 1.54) is 48.6 Å². The molecule has 0 bridgehead atoms. The fourth-order valence-corrected chi connectivity index (χ4v) is 2.17. The maximum absolute atomic E-state index is 11.8. The number of hydrogen-bond donors (Lipinski definition) is 2. The first kappa shape index (κ1) is 18.7. The summed E-state index contributed by atoms with van der Waals surface area (Å²) in [5, 5.41) is 26.5. The Labute approximate surface area is 153 Å². The number of carboxylic acid groups (broad SMARTS) is 1. The molecular weight excluding hydrogens is 358 g/mol. The Bertz CT molecular complexity index is 911. The van der Waals surface area contributed by atoms with Crippen molar-refractivity contribution >= 4 is 46.7 Å². The topological polar surface area (TPSA) is 124 Å². The number of nitrogens with one attached hydrogen (secondary N) is 2. The molecule has 0 radical (unpaired) electrons. The van der Waals surface area contributed by atoms with Crippen molar-refractivity contribution in [1.29, 1.82) is 0 Å². The highest BCUT2D eigenvalue weighted by atomic mass is 32.1. The van der Waals surface area contributed by atoms with Crippen molar-refractivity contribution in [2.45, 2.75) is 0 Å². The van der Waals surface area contributed by atoms with Crippen molar-refractivity contribution in [1.82, 2.24) is 5.32 Å². The smallest absolute Gasteiger partial charge is 0.270 e. The molecule has 0 unspecified atom stereocenters. The van der Waals surface area contributed by atoms with Crippen LogP contribution in [0.2, 0.25) is 0 Å². The average molecular weight is 370 g/mol. The number of nitrogens with zero attached hydrogens (tertiary/aromatic N) is 1. The first-order chi connectivity index (χ1) is 12.3. The minimum absolute atomic E-state index is 0.0327. The van der Waals surface area contributed by atoms with Gasteiger partial charge in [-0.05, 0) is 41.6 Å². The zero-order valence-electron chi connectivity index (χ0n) is 13.2. The SMILES string of the molecule is O=C(/C=C/c1cccc([N+](=O)[O-])c1)NC(=S)Nc1cccc(C(=O)[O-])c1. The number of nitro benzene ring substituents is 1. The second-order valence-corrected chi connectivity index (χ2v) is 5.41. The maximum Gasteiger partial charge on any atom is 0.270 e. The Morgan fingerprint density at radius 3 is 2.54 bits per heavy atom. The van der Waals surface area contributed by atoms with E-state index < -0.39 is 16.8 Å². The normalized spacial score (nSPS) is 10.3. The minimum Gasteiger partial charge on any atom is -0.545 e. The van der Waals surface area contributed by atoms with E-state index in [2.05, 4.69) is 10.6 Å². The Morgan fingerprint density at radius 1 is 1.12 bits per heavy atom. The molecule has 8 nitrogen and oxygen atoms in total. The van der Waals surface area contributed by atoms with Crippen molar-refractivity contribution in [2.24, 2.45) is 0 Å². The standard InChI is InChI=1S/C17H13N3O5S/c21-15(8-7-11-3-1-6-14(9-11)20(24)25)19-17(26)18-13-5-2-4-12(10-13)16(22)23/h1-10H,(H,22,23)(H2,18,19,21,26)/p-1/b8-7+. The number of carboxylic acids is 1. The zero-order valence-corrected chi connectivity index (χ0v) is 14.0. The summed E-state index contributed by atoms with van der Waals surface area (Å²) in [6, 6.07) is 11.5. The Hall–Kier alpha value is -3.59. The Kier molecular flexibility index (Phi) is 6.12. The molecule has 0 atom stereocenters. The van der Waals surface area contributed by atoms with Crippen molar-refractivity contribution in [3.63, 3.8) is 0 Å². The van der Waals surface area contributed by atoms with Crippen LogP contribution < -0.4 is 15.7 Å². The van der Waals surface area contributed by atoms with Gasteiger partial charge in [0.25, 0.3) is 5.69 Å². The summed E-state index contributed by atoms with van der Waals surface area (Å²) in [7, 11) is 0. The van der Waals surface area contributed by atoms with E-state index in [0.717, 1.165) is 0 Å². The highest BCUT2D eigenvalue weighted by Crippen LogP contribution is 2.14. The summed E-state index contributed by atoms with van der Waals surface area (Å²) in [6.45, 7) is 0. The predicted octanol–water partition coefficient (Wildman–Crippen LogP) is 1.48. The van der Waals surface area contributed by atoms with Crippen LogP contribution >= 0.6 is 12.2 Å². The number of aromatic carboxylic acids is 1. The quantitative estimate of drug-likeness (QED) is 0.353. The number of thiocarbonyl (C=S) groups is 1. The van der Waals surface area contributed by atoms with Crippen LogP contribution in [0.25, 0.3) is 6.08 Å². The number of nitro groups is 1. The van der Waals surface area contributed by atoms with Gasteiger partial charge in [-0.25, -0.2) is 0 Å². The fourth-order valence-electron chi connectivity index (χ4n) is 1.95. The second-order valence-electron chi connectivity index (χ2n) is 5.00. The highest BCUT2D eigenvalue weighted by molar-refractivity contribution is 7.80. The average Bonchev–Trinajstić information content (AvgIpc) is 2.60. The molecule has 1 amide bonds. The Balaban J connectivity index is 1.96. The number of non-ortho nitro benzene ring substituents is 1. The fraction of sp³-hybridized carbons (Fsp3) is 0. The van der Waals surface area contributed by atoms with Gasteiger partial charge in [0.1, 0.15) is 0 Å². The molecule has 0 fully saturated rings. The number of anilines is 1. The number of benzene rings is 2. The van der Waals surface area contributed by atoms with E-state index in [9.17, 15) is 24.8 Å². The number of carbonyl (C=O) groups is 2. The van der Waals surface area contributed by atoms with Crippen LogP contribution in [0, 0.1) is 10.1 Å². The molecule has 2 N–H and O–H groups in total. The van der Waals surface area contributed by atoms with Crippen LogP contribution in [0.4, 0.5) is 11.4 Å². The molecule has 26 heavy (non-hydrogen) atoms. The highest BCUT2D eigenvalue weighted by Gasteiger charge is 2.05. The largest absolute Gasteiger partial charge is 0.545 e. The lowest BCUT2D eigenvalue weighted by molar-refractivity contribution is -0.384. The summed E-state index contributed by atoms with van der Waals surface area (Å²) in [4.78, 5) is 32.8. The van der Waals surface area contributed by atoms with E-state index in [1.807, 2.05) is 0 Å². The van der Waals surface area contributed by atoms with E-state index in [0.29, 0.717) is 11.3 Å². The third-order valence-corrected chi connectivity index (χ3v) is 3.31. The molecule has 0 saturated carbocycles. The van der Waals surface area contributed by atoms with E-state index in [1.54, 1.807) is 12.1 Å². The molecule has 0 aromatic heterocycles. The molecule has 0 aliphatic carbocycles. The first-order valence-corrected chi connectivity index (χ1v) is 7.62. The van der Waals surface area contributed by atoms with Gasteiger partial charge in [0.15, 0.2) is 5.11 Å². The third-order valence-electron chi connectivity index (χ3n) is 3.10. The second kappa shape index (κ2) is 8.49. The summed E-state index contributed by atoms with van der Waals surface area (Å²) in [6.07, 6.45) is 2.58. The van der Waals surface area contributed by atoms with Gasteiger partial charge in [-0.15, -0.1) is 0 Å². The molecule has 0 heterocycles. The molecule has 0 spiro atoms. The molecule has 0 aliphatic rings. The van der Waals surface area contributed by atoms with Crippen LogP contribution in [0.15, 0.2) is 54.6 Å².